The molecule has 0 unspecified atom stereocenters. The molecule has 1 aromatic carbocycles. The van der Waals surface area contributed by atoms with Crippen molar-refractivity contribution in [3.05, 3.63) is 41.1 Å². The van der Waals surface area contributed by atoms with Crippen LogP contribution >= 0.6 is 0 Å². The van der Waals surface area contributed by atoms with E-state index in [4.69, 9.17) is 10.00 Å². The average molecular weight is 270 g/mol. The van der Waals surface area contributed by atoms with E-state index in [2.05, 4.69) is 10.4 Å². The molecule has 0 aliphatic heterocycles. The highest BCUT2D eigenvalue weighted by Gasteiger charge is 2.14. The third kappa shape index (κ3) is 2.47. The van der Waals surface area contributed by atoms with Crippen molar-refractivity contribution in [3.63, 3.8) is 0 Å². The minimum absolute atomic E-state index is 0.316. The van der Waals surface area contributed by atoms with E-state index in [-0.39, 0.29) is 5.91 Å². The van der Waals surface area contributed by atoms with Gasteiger partial charge in [0, 0.05) is 12.6 Å². The standard InChI is InChI=1S/C14H14N4O2/c1-9-4-5-10(6-12(9)20-3)14(19)17-13-11(7-15)8-16-18(13)2/h4-6,8H,1-3H3,(H,17,19). The third-order valence-corrected chi connectivity index (χ3v) is 2.96. The average Bonchev–Trinajstić information content (AvgIpc) is 2.80. The second-order valence-corrected chi connectivity index (χ2v) is 4.28. The van der Waals surface area contributed by atoms with Crippen molar-refractivity contribution in [1.82, 2.24) is 9.78 Å². The smallest absolute Gasteiger partial charge is 0.256 e. The Morgan fingerprint density at radius 1 is 1.50 bits per heavy atom. The Kier molecular flexibility index (Phi) is 3.71. The number of methoxy groups -OCH3 is 1. The van der Waals surface area contributed by atoms with Crippen LogP contribution in [0.15, 0.2) is 24.4 Å². The maximum atomic E-state index is 12.2. The molecule has 0 saturated carbocycles. The first-order valence-electron chi connectivity index (χ1n) is 5.95. The molecular formula is C14H14N4O2. The number of amides is 1. The fourth-order valence-corrected chi connectivity index (χ4v) is 1.81. The van der Waals surface area contributed by atoms with E-state index in [0.717, 1.165) is 5.56 Å². The van der Waals surface area contributed by atoms with Gasteiger partial charge in [-0.25, -0.2) is 0 Å². The molecule has 0 aliphatic carbocycles. The van der Waals surface area contributed by atoms with Crippen LogP contribution in [0.5, 0.6) is 5.75 Å². The van der Waals surface area contributed by atoms with Crippen molar-refractivity contribution >= 4 is 11.7 Å². The molecule has 102 valence electrons. The molecule has 1 amide bonds. The minimum Gasteiger partial charge on any atom is -0.496 e. The quantitative estimate of drug-likeness (QED) is 0.923. The molecule has 2 aromatic rings. The lowest BCUT2D eigenvalue weighted by atomic mass is 10.1. The molecule has 1 N–H and O–H groups in total. The fraction of sp³-hybridized carbons (Fsp3) is 0.214. The second kappa shape index (κ2) is 5.45. The van der Waals surface area contributed by atoms with Gasteiger partial charge in [0.25, 0.3) is 5.91 Å². The molecule has 1 heterocycles. The van der Waals surface area contributed by atoms with Gasteiger partial charge in [-0.1, -0.05) is 6.07 Å². The molecule has 6 nitrogen and oxygen atoms in total. The van der Waals surface area contributed by atoms with Gasteiger partial charge >= 0.3 is 0 Å². The van der Waals surface area contributed by atoms with Gasteiger partial charge < -0.3 is 10.1 Å². The van der Waals surface area contributed by atoms with E-state index in [0.29, 0.717) is 22.7 Å². The summed E-state index contributed by atoms with van der Waals surface area (Å²) in [6, 6.07) is 7.15. The Morgan fingerprint density at radius 2 is 2.25 bits per heavy atom. The van der Waals surface area contributed by atoms with E-state index in [1.807, 2.05) is 19.1 Å². The number of aryl methyl sites for hydroxylation is 2. The van der Waals surface area contributed by atoms with Gasteiger partial charge in [-0.3, -0.25) is 9.48 Å². The van der Waals surface area contributed by atoms with E-state index in [1.165, 1.54) is 10.9 Å². The van der Waals surface area contributed by atoms with Crippen molar-refractivity contribution in [1.29, 1.82) is 5.26 Å². The summed E-state index contributed by atoms with van der Waals surface area (Å²) in [5.74, 6) is 0.698. The van der Waals surface area contributed by atoms with Crippen molar-refractivity contribution in [3.8, 4) is 11.8 Å². The first-order chi connectivity index (χ1) is 9.56. The maximum absolute atomic E-state index is 12.2. The van der Waals surface area contributed by atoms with Gasteiger partial charge in [-0.05, 0) is 24.6 Å². The van der Waals surface area contributed by atoms with Crippen LogP contribution in [0.25, 0.3) is 0 Å². The van der Waals surface area contributed by atoms with Crippen LogP contribution in [0, 0.1) is 18.3 Å². The summed E-state index contributed by atoms with van der Waals surface area (Å²) < 4.78 is 6.64. The molecule has 1 aromatic heterocycles. The van der Waals surface area contributed by atoms with Crippen LogP contribution in [0.4, 0.5) is 5.82 Å². The molecule has 0 bridgehead atoms. The molecule has 20 heavy (non-hydrogen) atoms. The monoisotopic (exact) mass is 270 g/mol. The van der Waals surface area contributed by atoms with E-state index in [9.17, 15) is 4.79 Å². The summed E-state index contributed by atoms with van der Waals surface area (Å²) in [7, 11) is 3.21. The first kappa shape index (κ1) is 13.6. The predicted octanol–water partition coefficient (Wildman–Crippen LogP) is 1.86. The molecule has 0 aliphatic rings. The zero-order valence-electron chi connectivity index (χ0n) is 11.5. The van der Waals surface area contributed by atoms with Crippen molar-refractivity contribution < 1.29 is 9.53 Å². The van der Waals surface area contributed by atoms with Gasteiger partial charge in [-0.15, -0.1) is 0 Å². The lowest BCUT2D eigenvalue weighted by molar-refractivity contribution is 0.102. The highest BCUT2D eigenvalue weighted by atomic mass is 16.5. The van der Waals surface area contributed by atoms with Gasteiger partial charge in [0.1, 0.15) is 23.2 Å². The van der Waals surface area contributed by atoms with Crippen LogP contribution in [0.1, 0.15) is 21.5 Å². The second-order valence-electron chi connectivity index (χ2n) is 4.28. The highest BCUT2D eigenvalue weighted by Crippen LogP contribution is 2.20. The summed E-state index contributed by atoms with van der Waals surface area (Å²) in [5, 5.41) is 15.6. The largest absolute Gasteiger partial charge is 0.496 e. The molecule has 0 fully saturated rings. The normalized spacial score (nSPS) is 9.90. The van der Waals surface area contributed by atoms with Crippen LogP contribution < -0.4 is 10.1 Å². The lowest BCUT2D eigenvalue weighted by Crippen LogP contribution is -2.15. The Hall–Kier alpha value is -2.81. The van der Waals surface area contributed by atoms with E-state index in [1.54, 1.807) is 26.3 Å². The Balaban J connectivity index is 2.29. The predicted molar refractivity (Wildman–Crippen MR) is 73.6 cm³/mol. The van der Waals surface area contributed by atoms with Crippen LogP contribution in [0.3, 0.4) is 0 Å². The highest BCUT2D eigenvalue weighted by molar-refractivity contribution is 6.04. The number of aromatic nitrogens is 2. The molecular weight excluding hydrogens is 256 g/mol. The fourth-order valence-electron chi connectivity index (χ4n) is 1.81. The number of ether oxygens (including phenoxy) is 1. The number of nitriles is 1. The van der Waals surface area contributed by atoms with E-state index < -0.39 is 0 Å². The number of benzene rings is 1. The molecule has 0 radical (unpaired) electrons. The molecule has 2 rings (SSSR count). The van der Waals surface area contributed by atoms with Gasteiger partial charge in [-0.2, -0.15) is 10.4 Å². The maximum Gasteiger partial charge on any atom is 0.256 e. The number of rotatable bonds is 3. The first-order valence-corrected chi connectivity index (χ1v) is 5.95. The van der Waals surface area contributed by atoms with Crippen molar-refractivity contribution in [2.24, 2.45) is 7.05 Å². The summed E-state index contributed by atoms with van der Waals surface area (Å²) in [5.41, 5.74) is 1.72. The summed E-state index contributed by atoms with van der Waals surface area (Å²) >= 11 is 0. The summed E-state index contributed by atoms with van der Waals surface area (Å²) in [6.07, 6.45) is 1.41. The number of carbonyl (C=O) groups is 1. The minimum atomic E-state index is -0.316. The number of anilines is 1. The Labute approximate surface area is 116 Å². The van der Waals surface area contributed by atoms with E-state index >= 15 is 0 Å². The number of hydrogen-bond acceptors (Lipinski definition) is 4. The molecule has 0 saturated heterocycles. The van der Waals surface area contributed by atoms with Gasteiger partial charge in [0.05, 0.1) is 13.3 Å². The Morgan fingerprint density at radius 3 is 2.90 bits per heavy atom. The summed E-state index contributed by atoms with van der Waals surface area (Å²) in [4.78, 5) is 12.2. The third-order valence-electron chi connectivity index (χ3n) is 2.96. The SMILES string of the molecule is COc1cc(C(=O)Nc2c(C#N)cnn2C)ccc1C. The van der Waals surface area contributed by atoms with Crippen LogP contribution in [-0.2, 0) is 7.05 Å². The number of nitrogens with zero attached hydrogens (tertiary/aromatic N) is 3. The van der Waals surface area contributed by atoms with Crippen molar-refractivity contribution in [2.45, 2.75) is 6.92 Å². The number of nitrogens with one attached hydrogen (secondary N) is 1. The Bertz CT molecular complexity index is 698. The lowest BCUT2D eigenvalue weighted by Gasteiger charge is -2.09. The van der Waals surface area contributed by atoms with Gasteiger partial charge in [0.15, 0.2) is 0 Å². The van der Waals surface area contributed by atoms with Crippen LogP contribution in [0.2, 0.25) is 0 Å². The topological polar surface area (TPSA) is 79.9 Å². The number of carbonyl (C=O) groups excluding carboxylic acids is 1. The summed E-state index contributed by atoms with van der Waals surface area (Å²) in [6.45, 7) is 1.90. The zero-order chi connectivity index (χ0) is 14.7. The van der Waals surface area contributed by atoms with Gasteiger partial charge in [0.2, 0.25) is 0 Å². The van der Waals surface area contributed by atoms with Crippen molar-refractivity contribution in [2.75, 3.05) is 12.4 Å². The number of hydrogen-bond donors (Lipinski definition) is 1. The zero-order valence-corrected chi connectivity index (χ0v) is 11.5. The molecule has 0 atom stereocenters. The molecule has 6 heteroatoms. The molecule has 0 spiro atoms. The van der Waals surface area contributed by atoms with Crippen LogP contribution in [-0.4, -0.2) is 22.8 Å².